The van der Waals surface area contributed by atoms with E-state index in [-0.39, 0.29) is 24.8 Å². The first-order valence-corrected chi connectivity index (χ1v) is 10.2. The molecule has 0 spiro atoms. The fourth-order valence-electron chi connectivity index (χ4n) is 3.86. The molecule has 1 aromatic heterocycles. The van der Waals surface area contributed by atoms with Crippen molar-refractivity contribution in [3.8, 4) is 0 Å². The summed E-state index contributed by atoms with van der Waals surface area (Å²) in [6, 6.07) is 4.75. The van der Waals surface area contributed by atoms with Gasteiger partial charge in [-0.2, -0.15) is 5.10 Å². The fourth-order valence-corrected chi connectivity index (χ4v) is 4.16. The van der Waals surface area contributed by atoms with Gasteiger partial charge in [0.25, 0.3) is 5.91 Å². The summed E-state index contributed by atoms with van der Waals surface area (Å²) in [6.45, 7) is 3.15. The average Bonchev–Trinajstić information content (AvgIpc) is 3.08. The van der Waals surface area contributed by atoms with Crippen LogP contribution in [0, 0.1) is 5.92 Å². The maximum absolute atomic E-state index is 13.0. The highest BCUT2D eigenvalue weighted by atomic mass is 35.5. The maximum Gasteiger partial charge on any atom is 0.316 e. The quantitative estimate of drug-likeness (QED) is 0.546. The number of hydrogen-bond donors (Lipinski definition) is 0. The molecule has 29 heavy (non-hydrogen) atoms. The molecule has 0 bridgehead atoms. The molecule has 2 aliphatic heterocycles. The molecule has 4 rings (SSSR count). The number of halogens is 2. The fraction of sp³-hybridized carbons (Fsp3) is 0.400. The Labute approximate surface area is 177 Å². The topological polar surface area (TPSA) is 81.5 Å². The van der Waals surface area contributed by atoms with E-state index in [4.69, 9.17) is 27.9 Å². The number of rotatable bonds is 3. The largest absolute Gasteiger partial charge is 0.465 e. The molecule has 0 radical (unpaired) electrons. The van der Waals surface area contributed by atoms with Crippen LogP contribution in [-0.4, -0.2) is 45.5 Å². The molecular weight excluding hydrogens is 417 g/mol. The smallest absolute Gasteiger partial charge is 0.316 e. The highest BCUT2D eigenvalue weighted by Gasteiger charge is 2.39. The number of Topliss-reactive ketones (excluding diaryl/α,β-unsaturated/α-hetero) is 1. The van der Waals surface area contributed by atoms with Crippen molar-refractivity contribution in [1.29, 1.82) is 0 Å². The first-order valence-electron chi connectivity index (χ1n) is 9.44. The Kier molecular flexibility index (Phi) is 5.36. The first kappa shape index (κ1) is 19.9. The molecule has 2 aromatic rings. The van der Waals surface area contributed by atoms with E-state index >= 15 is 0 Å². The van der Waals surface area contributed by atoms with Crippen molar-refractivity contribution in [1.82, 2.24) is 14.7 Å². The molecule has 1 atom stereocenters. The highest BCUT2D eigenvalue weighted by Crippen LogP contribution is 2.31. The van der Waals surface area contributed by atoms with Gasteiger partial charge in [0.15, 0.2) is 5.78 Å². The summed E-state index contributed by atoms with van der Waals surface area (Å²) < 4.78 is 6.71. The number of benzene rings is 1. The lowest BCUT2D eigenvalue weighted by Crippen LogP contribution is -2.38. The van der Waals surface area contributed by atoms with Crippen LogP contribution < -0.4 is 0 Å². The lowest BCUT2D eigenvalue weighted by atomic mass is 9.91. The summed E-state index contributed by atoms with van der Waals surface area (Å²) in [5.41, 5.74) is 2.36. The molecule has 152 valence electrons. The van der Waals surface area contributed by atoms with Gasteiger partial charge >= 0.3 is 5.97 Å². The van der Waals surface area contributed by atoms with E-state index in [0.717, 1.165) is 5.69 Å². The van der Waals surface area contributed by atoms with Crippen molar-refractivity contribution in [3.63, 3.8) is 0 Å². The second kappa shape index (κ2) is 7.80. The maximum atomic E-state index is 13.0. The number of hydrogen-bond acceptors (Lipinski definition) is 5. The lowest BCUT2D eigenvalue weighted by molar-refractivity contribution is -0.146. The predicted molar refractivity (Wildman–Crippen MR) is 106 cm³/mol. The van der Waals surface area contributed by atoms with Gasteiger partial charge in [-0.1, -0.05) is 23.2 Å². The van der Waals surface area contributed by atoms with E-state index < -0.39 is 11.9 Å². The van der Waals surface area contributed by atoms with Crippen LogP contribution in [0.4, 0.5) is 0 Å². The van der Waals surface area contributed by atoms with Crippen molar-refractivity contribution in [3.05, 3.63) is 50.8 Å². The third-order valence-electron chi connectivity index (χ3n) is 5.31. The lowest BCUT2D eigenvalue weighted by Gasteiger charge is -2.28. The van der Waals surface area contributed by atoms with Gasteiger partial charge in [-0.25, -0.2) is 0 Å². The molecule has 2 aliphatic rings. The van der Waals surface area contributed by atoms with E-state index in [0.29, 0.717) is 52.8 Å². The summed E-state index contributed by atoms with van der Waals surface area (Å²) in [6.07, 6.45) is 0.914. The number of fused-ring (bicyclic) bond motifs is 3. The summed E-state index contributed by atoms with van der Waals surface area (Å²) in [5.74, 6) is -1.80. The molecule has 0 aliphatic carbocycles. The summed E-state index contributed by atoms with van der Waals surface area (Å²) in [7, 11) is 0. The molecule has 0 fully saturated rings. The van der Waals surface area contributed by atoms with Gasteiger partial charge < -0.3 is 9.64 Å². The number of ether oxygens (including phenoxy) is 1. The van der Waals surface area contributed by atoms with Gasteiger partial charge in [-0.05, 0) is 31.5 Å². The van der Waals surface area contributed by atoms with Crippen LogP contribution in [0.25, 0.3) is 0 Å². The van der Waals surface area contributed by atoms with E-state index in [1.54, 1.807) is 28.6 Å². The van der Waals surface area contributed by atoms with Crippen LogP contribution in [-0.2, 0) is 29.0 Å². The van der Waals surface area contributed by atoms with Crippen molar-refractivity contribution >= 4 is 40.9 Å². The Morgan fingerprint density at radius 1 is 1.24 bits per heavy atom. The second-order valence-corrected chi connectivity index (χ2v) is 7.87. The number of aromatic nitrogens is 2. The van der Waals surface area contributed by atoms with Gasteiger partial charge in [0.2, 0.25) is 0 Å². The van der Waals surface area contributed by atoms with Gasteiger partial charge in [0.1, 0.15) is 11.6 Å². The molecule has 0 saturated heterocycles. The zero-order valence-electron chi connectivity index (χ0n) is 15.8. The minimum Gasteiger partial charge on any atom is -0.465 e. The molecule has 3 heterocycles. The van der Waals surface area contributed by atoms with E-state index in [9.17, 15) is 14.4 Å². The Balaban J connectivity index is 1.61. The standard InChI is InChI=1S/C20H19Cl2N3O4/c1-2-29-20(28)12-5-8-25-17(18(12)26)13-10-24(7-6-16(13)23-25)19(27)11-3-4-14(21)15(22)9-11/h3-4,9,12H,2,5-8,10H2,1H3. The molecule has 0 saturated carbocycles. The third kappa shape index (κ3) is 3.53. The van der Waals surface area contributed by atoms with Crippen LogP contribution in [0.3, 0.4) is 0 Å². The number of esters is 1. The number of aryl methyl sites for hydroxylation is 1. The Hall–Kier alpha value is -2.38. The number of nitrogens with zero attached hydrogens (tertiary/aromatic N) is 3. The molecule has 9 heteroatoms. The van der Waals surface area contributed by atoms with Crippen LogP contribution >= 0.6 is 23.2 Å². The minimum atomic E-state index is -0.815. The van der Waals surface area contributed by atoms with Crippen LogP contribution in [0.1, 0.15) is 45.4 Å². The van der Waals surface area contributed by atoms with Crippen molar-refractivity contribution in [2.75, 3.05) is 13.2 Å². The average molecular weight is 436 g/mol. The van der Waals surface area contributed by atoms with E-state index in [1.807, 2.05) is 0 Å². The van der Waals surface area contributed by atoms with Crippen molar-refractivity contribution < 1.29 is 19.1 Å². The summed E-state index contributed by atoms with van der Waals surface area (Å²) in [4.78, 5) is 39.8. The normalized spacial score (nSPS) is 18.2. The summed E-state index contributed by atoms with van der Waals surface area (Å²) >= 11 is 12.0. The number of ketones is 1. The summed E-state index contributed by atoms with van der Waals surface area (Å²) in [5, 5.41) is 5.23. The van der Waals surface area contributed by atoms with Crippen molar-refractivity contribution in [2.45, 2.75) is 32.9 Å². The van der Waals surface area contributed by atoms with Crippen LogP contribution in [0.15, 0.2) is 18.2 Å². The van der Waals surface area contributed by atoms with Gasteiger partial charge in [0, 0.05) is 30.6 Å². The van der Waals surface area contributed by atoms with Crippen LogP contribution in [0.2, 0.25) is 10.0 Å². The minimum absolute atomic E-state index is 0.195. The Morgan fingerprint density at radius 2 is 2.03 bits per heavy atom. The van der Waals surface area contributed by atoms with Crippen molar-refractivity contribution in [2.24, 2.45) is 5.92 Å². The van der Waals surface area contributed by atoms with Gasteiger partial charge in [-0.15, -0.1) is 0 Å². The first-order chi connectivity index (χ1) is 13.9. The zero-order chi connectivity index (χ0) is 20.7. The third-order valence-corrected chi connectivity index (χ3v) is 6.04. The van der Waals surface area contributed by atoms with E-state index in [1.165, 1.54) is 6.07 Å². The molecule has 1 unspecified atom stereocenters. The monoisotopic (exact) mass is 435 g/mol. The number of carbonyl (C=O) groups excluding carboxylic acids is 3. The van der Waals surface area contributed by atoms with Gasteiger partial charge in [0.05, 0.1) is 28.9 Å². The number of carbonyl (C=O) groups is 3. The molecule has 0 N–H and O–H groups in total. The molecule has 7 nitrogen and oxygen atoms in total. The zero-order valence-corrected chi connectivity index (χ0v) is 17.3. The highest BCUT2D eigenvalue weighted by molar-refractivity contribution is 6.42. The molecule has 1 aromatic carbocycles. The SMILES string of the molecule is CCOC(=O)C1CCn2nc3c(c2C1=O)CN(C(=O)c1ccc(Cl)c(Cl)c1)CC3. The van der Waals surface area contributed by atoms with Gasteiger partial charge in [-0.3, -0.25) is 19.1 Å². The predicted octanol–water partition coefficient (Wildman–Crippen LogP) is 3.15. The molecule has 1 amide bonds. The van der Waals surface area contributed by atoms with Crippen LogP contribution in [0.5, 0.6) is 0 Å². The Bertz CT molecular complexity index is 1020. The second-order valence-electron chi connectivity index (χ2n) is 7.06. The number of amides is 1. The Morgan fingerprint density at radius 3 is 2.76 bits per heavy atom. The molecular formula is C20H19Cl2N3O4. The van der Waals surface area contributed by atoms with E-state index in [2.05, 4.69) is 5.10 Å².